The van der Waals surface area contributed by atoms with Crippen molar-refractivity contribution >= 4 is 46.3 Å². The fourth-order valence-corrected chi connectivity index (χ4v) is 4.08. The van der Waals surface area contributed by atoms with Gasteiger partial charge in [0.1, 0.15) is 19.8 Å². The molecule has 12 nitrogen and oxygen atoms in total. The van der Waals surface area contributed by atoms with Crippen molar-refractivity contribution in [1.29, 1.82) is 0 Å². The van der Waals surface area contributed by atoms with E-state index in [1.807, 2.05) is 0 Å². The number of imide groups is 1. The first kappa shape index (κ1) is 22.9. The molecule has 0 saturated carbocycles. The second kappa shape index (κ2) is 9.31. The number of benzene rings is 2. The van der Waals surface area contributed by atoms with Gasteiger partial charge in [0.15, 0.2) is 17.2 Å². The molecule has 0 bridgehead atoms. The number of nitrogens with one attached hydrogen (secondary N) is 1. The summed E-state index contributed by atoms with van der Waals surface area (Å²) >= 11 is 0.584. The zero-order chi connectivity index (χ0) is 24.4. The Hall–Kier alpha value is -4.26. The summed E-state index contributed by atoms with van der Waals surface area (Å²) in [5, 5.41) is 23.0. The number of hydrogen-bond donors (Lipinski definition) is 2. The number of nitro groups is 1. The molecule has 3 amide bonds. The van der Waals surface area contributed by atoms with E-state index in [-0.39, 0.29) is 16.2 Å². The maximum Gasteiger partial charge on any atom is 0.315 e. The van der Waals surface area contributed by atoms with Crippen molar-refractivity contribution in [3.05, 3.63) is 50.9 Å². The Kier molecular flexibility index (Phi) is 6.27. The molecule has 13 heteroatoms. The first-order chi connectivity index (χ1) is 16.3. The van der Waals surface area contributed by atoms with E-state index in [2.05, 4.69) is 5.32 Å². The van der Waals surface area contributed by atoms with Crippen LogP contribution in [0.25, 0.3) is 6.08 Å². The maximum absolute atomic E-state index is 12.7. The molecule has 34 heavy (non-hydrogen) atoms. The summed E-state index contributed by atoms with van der Waals surface area (Å²) in [6.45, 7) is 0.273. The predicted octanol–water partition coefficient (Wildman–Crippen LogP) is 2.76. The summed E-state index contributed by atoms with van der Waals surface area (Å²) in [7, 11) is 1.22. The number of aromatic hydroxyl groups is 1. The molecule has 2 aliphatic rings. The Morgan fingerprint density at radius 1 is 1.26 bits per heavy atom. The number of phenolic OH excluding ortho intramolecular Hbond substituents is 1. The maximum atomic E-state index is 12.7. The average Bonchev–Trinajstić information content (AvgIpc) is 3.07. The molecule has 2 heterocycles. The van der Waals surface area contributed by atoms with Crippen molar-refractivity contribution in [2.75, 3.05) is 32.2 Å². The lowest BCUT2D eigenvalue weighted by Gasteiger charge is -2.19. The highest BCUT2D eigenvalue weighted by Crippen LogP contribution is 2.39. The lowest BCUT2D eigenvalue weighted by molar-refractivity contribution is -0.386. The minimum absolute atomic E-state index is 0.0424. The minimum Gasteiger partial charge on any atom is -0.500 e. The van der Waals surface area contributed by atoms with E-state index < -0.39 is 40.0 Å². The number of amides is 3. The minimum atomic E-state index is -0.802. The monoisotopic (exact) mass is 487 g/mol. The third kappa shape index (κ3) is 4.59. The van der Waals surface area contributed by atoms with Crippen LogP contribution in [0.15, 0.2) is 35.2 Å². The smallest absolute Gasteiger partial charge is 0.315 e. The van der Waals surface area contributed by atoms with Gasteiger partial charge in [-0.25, -0.2) is 0 Å². The molecule has 0 unspecified atom stereocenters. The van der Waals surface area contributed by atoms with Crippen molar-refractivity contribution in [2.45, 2.75) is 0 Å². The van der Waals surface area contributed by atoms with Gasteiger partial charge in [-0.1, -0.05) is 0 Å². The van der Waals surface area contributed by atoms with E-state index in [1.165, 1.54) is 19.3 Å². The van der Waals surface area contributed by atoms with Crippen LogP contribution in [-0.4, -0.2) is 58.9 Å². The standard InChI is InChI=1S/C21H17N3O9S/c1-31-16-7-11(6-13(19(16)26)24(29)30)8-17-20(27)23(21(28)34-17)10-18(25)22-12-2-3-14-15(9-12)33-5-4-32-14/h2-3,6-9,26H,4-5,10H2,1H3,(H,22,25)/b17-8+. The van der Waals surface area contributed by atoms with Gasteiger partial charge in [0.05, 0.1) is 16.9 Å². The zero-order valence-electron chi connectivity index (χ0n) is 17.6. The number of hydrogen-bond acceptors (Lipinski definition) is 10. The molecule has 0 radical (unpaired) electrons. The average molecular weight is 487 g/mol. The number of thioether (sulfide) groups is 1. The molecule has 1 fully saturated rings. The second-order valence-corrected chi connectivity index (χ2v) is 8.02. The van der Waals surface area contributed by atoms with Crippen LogP contribution in [0.1, 0.15) is 5.56 Å². The Bertz CT molecular complexity index is 1240. The van der Waals surface area contributed by atoms with Crippen LogP contribution in [0.3, 0.4) is 0 Å². The van der Waals surface area contributed by atoms with Gasteiger partial charge >= 0.3 is 5.69 Å². The van der Waals surface area contributed by atoms with Crippen LogP contribution in [0.4, 0.5) is 16.2 Å². The van der Waals surface area contributed by atoms with Gasteiger partial charge in [-0.05, 0) is 41.6 Å². The second-order valence-electron chi connectivity index (χ2n) is 7.02. The number of methoxy groups -OCH3 is 1. The summed E-state index contributed by atoms with van der Waals surface area (Å²) in [5.74, 6) is -1.15. The molecule has 2 aliphatic heterocycles. The quantitative estimate of drug-likeness (QED) is 0.353. The van der Waals surface area contributed by atoms with Crippen molar-refractivity contribution in [3.63, 3.8) is 0 Å². The van der Waals surface area contributed by atoms with Gasteiger partial charge in [-0.15, -0.1) is 0 Å². The predicted molar refractivity (Wildman–Crippen MR) is 120 cm³/mol. The summed E-state index contributed by atoms with van der Waals surface area (Å²) in [5.41, 5.74) is -0.0588. The van der Waals surface area contributed by atoms with E-state index in [1.54, 1.807) is 18.2 Å². The summed E-state index contributed by atoms with van der Waals surface area (Å²) < 4.78 is 15.8. The highest BCUT2D eigenvalue weighted by atomic mass is 32.2. The molecule has 0 spiro atoms. The van der Waals surface area contributed by atoms with Crippen molar-refractivity contribution in [3.8, 4) is 23.0 Å². The molecule has 2 N–H and O–H groups in total. The number of fused-ring (bicyclic) bond motifs is 1. The number of anilines is 1. The van der Waals surface area contributed by atoms with Gasteiger partial charge in [-0.3, -0.25) is 29.4 Å². The van der Waals surface area contributed by atoms with E-state index >= 15 is 0 Å². The normalized spacial score (nSPS) is 16.0. The topological polar surface area (TPSA) is 158 Å². The molecule has 0 atom stereocenters. The fraction of sp³-hybridized carbons (Fsp3) is 0.190. The van der Waals surface area contributed by atoms with Gasteiger partial charge in [0.25, 0.3) is 11.1 Å². The first-order valence-corrected chi connectivity index (χ1v) is 10.6. The Morgan fingerprint density at radius 3 is 2.71 bits per heavy atom. The number of nitro benzene ring substituents is 1. The fourth-order valence-electron chi connectivity index (χ4n) is 3.24. The SMILES string of the molecule is COc1cc(/C=C2/SC(=O)N(CC(=O)Nc3ccc4c(c3)OCCO4)C2=O)cc([N+](=O)[O-])c1O. The van der Waals surface area contributed by atoms with Crippen molar-refractivity contribution < 1.29 is 38.6 Å². The van der Waals surface area contributed by atoms with Gasteiger partial charge in [-0.2, -0.15) is 0 Å². The molecular weight excluding hydrogens is 470 g/mol. The van der Waals surface area contributed by atoms with E-state index in [0.717, 1.165) is 11.0 Å². The largest absolute Gasteiger partial charge is 0.500 e. The molecule has 0 aliphatic carbocycles. The van der Waals surface area contributed by atoms with E-state index in [0.29, 0.717) is 42.2 Å². The molecule has 4 rings (SSSR count). The molecule has 176 valence electrons. The van der Waals surface area contributed by atoms with Crippen LogP contribution >= 0.6 is 11.8 Å². The van der Waals surface area contributed by atoms with E-state index in [4.69, 9.17) is 14.2 Å². The Morgan fingerprint density at radius 2 is 2.00 bits per heavy atom. The molecule has 0 aromatic heterocycles. The Balaban J connectivity index is 1.49. The van der Waals surface area contributed by atoms with Crippen molar-refractivity contribution in [2.24, 2.45) is 0 Å². The molecule has 2 aromatic carbocycles. The van der Waals surface area contributed by atoms with Crippen LogP contribution in [0.2, 0.25) is 0 Å². The van der Waals surface area contributed by atoms with Crippen LogP contribution in [-0.2, 0) is 9.59 Å². The van der Waals surface area contributed by atoms with Crippen LogP contribution in [0.5, 0.6) is 23.0 Å². The van der Waals surface area contributed by atoms with Gasteiger partial charge in [0.2, 0.25) is 11.7 Å². The lowest BCUT2D eigenvalue weighted by Crippen LogP contribution is -2.36. The number of ether oxygens (including phenoxy) is 3. The highest BCUT2D eigenvalue weighted by Gasteiger charge is 2.36. The molecule has 2 aromatic rings. The van der Waals surface area contributed by atoms with Crippen LogP contribution < -0.4 is 19.5 Å². The third-order valence-corrected chi connectivity index (χ3v) is 5.70. The molecule has 1 saturated heterocycles. The first-order valence-electron chi connectivity index (χ1n) is 9.77. The number of nitrogens with zero attached hydrogens (tertiary/aromatic N) is 2. The number of carbonyl (C=O) groups is 3. The summed E-state index contributed by atoms with van der Waals surface area (Å²) in [4.78, 5) is 48.6. The highest BCUT2D eigenvalue weighted by molar-refractivity contribution is 8.18. The lowest BCUT2D eigenvalue weighted by atomic mass is 10.1. The van der Waals surface area contributed by atoms with Crippen LogP contribution in [0, 0.1) is 10.1 Å². The van der Waals surface area contributed by atoms with Gasteiger partial charge < -0.3 is 24.6 Å². The number of carbonyl (C=O) groups excluding carboxylic acids is 3. The van der Waals surface area contributed by atoms with E-state index in [9.17, 15) is 29.6 Å². The van der Waals surface area contributed by atoms with Crippen molar-refractivity contribution in [1.82, 2.24) is 4.90 Å². The number of rotatable bonds is 6. The summed E-state index contributed by atoms with van der Waals surface area (Å²) in [6.07, 6.45) is 1.25. The Labute approximate surface area is 196 Å². The van der Waals surface area contributed by atoms with Gasteiger partial charge in [0, 0.05) is 17.8 Å². The third-order valence-electron chi connectivity index (χ3n) is 4.79. The molecular formula is C21H17N3O9S. The summed E-state index contributed by atoms with van der Waals surface area (Å²) in [6, 6.07) is 7.14. The number of phenols is 1. The zero-order valence-corrected chi connectivity index (χ0v) is 18.4.